The molecule has 0 saturated carbocycles. The molecule has 3 rings (SSSR count). The van der Waals surface area contributed by atoms with Gasteiger partial charge >= 0.3 is 0 Å². The van der Waals surface area contributed by atoms with Crippen LogP contribution in [0.5, 0.6) is 11.6 Å². The maximum atomic E-state index is 11.5. The molecule has 0 saturated heterocycles. The summed E-state index contributed by atoms with van der Waals surface area (Å²) in [7, 11) is 1.60. The highest BCUT2D eigenvalue weighted by molar-refractivity contribution is 8.13. The van der Waals surface area contributed by atoms with Gasteiger partial charge < -0.3 is 4.74 Å². The number of aryl methyl sites for hydroxylation is 1. The van der Waals surface area contributed by atoms with Crippen molar-refractivity contribution in [2.75, 3.05) is 0 Å². The molecule has 1 aromatic heterocycles. The molecule has 5 nitrogen and oxygen atoms in total. The second kappa shape index (κ2) is 6.06. The lowest BCUT2D eigenvalue weighted by Gasteiger charge is -2.09. The molecule has 7 heteroatoms. The molecule has 0 spiro atoms. The molecule has 0 fully saturated rings. The van der Waals surface area contributed by atoms with E-state index >= 15 is 0 Å². The van der Waals surface area contributed by atoms with E-state index in [4.69, 9.17) is 15.4 Å². The van der Waals surface area contributed by atoms with Crippen LogP contribution in [0.2, 0.25) is 0 Å². The predicted molar refractivity (Wildman–Crippen MR) is 87.9 cm³/mol. The molecule has 0 amide bonds. The quantitative estimate of drug-likeness (QED) is 0.671. The smallest absolute Gasteiger partial charge is 0.261 e. The van der Waals surface area contributed by atoms with E-state index in [1.807, 2.05) is 37.3 Å². The molecule has 0 unspecified atom stereocenters. The maximum Gasteiger partial charge on any atom is 0.261 e. The molecule has 0 aliphatic carbocycles. The Morgan fingerprint density at radius 3 is 2.48 bits per heavy atom. The van der Waals surface area contributed by atoms with E-state index < -0.39 is 9.05 Å². The standard InChI is InChI=1S/C16H13ClN2O3S/c1-12-10-16(22-14-7-3-2-4-8-14)19(18-12)13-6-5-9-15(11-13)23(17,20)21/h2-11H,1H3. The number of benzene rings is 2. The van der Waals surface area contributed by atoms with Crippen molar-refractivity contribution in [3.63, 3.8) is 0 Å². The Hall–Kier alpha value is -2.31. The van der Waals surface area contributed by atoms with Gasteiger partial charge in [0.05, 0.1) is 16.3 Å². The summed E-state index contributed by atoms with van der Waals surface area (Å²) < 4.78 is 30.4. The van der Waals surface area contributed by atoms with Crippen LogP contribution in [0.25, 0.3) is 5.69 Å². The Balaban J connectivity index is 2.04. The number of nitrogens with zero attached hydrogens (tertiary/aromatic N) is 2. The zero-order valence-electron chi connectivity index (χ0n) is 12.2. The van der Waals surface area contributed by atoms with Gasteiger partial charge in [-0.15, -0.1) is 0 Å². The van der Waals surface area contributed by atoms with E-state index in [1.165, 1.54) is 16.8 Å². The van der Waals surface area contributed by atoms with Crippen LogP contribution < -0.4 is 4.74 Å². The van der Waals surface area contributed by atoms with E-state index in [9.17, 15) is 8.42 Å². The summed E-state index contributed by atoms with van der Waals surface area (Å²) in [6, 6.07) is 17.3. The summed E-state index contributed by atoms with van der Waals surface area (Å²) in [6.45, 7) is 1.83. The van der Waals surface area contributed by atoms with Crippen molar-refractivity contribution in [2.24, 2.45) is 0 Å². The molecule has 2 aromatic carbocycles. The second-order valence-corrected chi connectivity index (χ2v) is 7.45. The first-order chi connectivity index (χ1) is 10.9. The molecular weight excluding hydrogens is 336 g/mol. The second-order valence-electron chi connectivity index (χ2n) is 4.89. The SMILES string of the molecule is Cc1cc(Oc2ccccc2)n(-c2cccc(S(=O)(=O)Cl)c2)n1. The molecular formula is C16H13ClN2O3S. The van der Waals surface area contributed by atoms with E-state index in [0.717, 1.165) is 5.69 Å². The minimum Gasteiger partial charge on any atom is -0.439 e. The average molecular weight is 349 g/mol. The maximum absolute atomic E-state index is 11.5. The van der Waals surface area contributed by atoms with Crippen molar-refractivity contribution >= 4 is 19.7 Å². The lowest BCUT2D eigenvalue weighted by atomic mass is 10.3. The molecule has 3 aromatic rings. The van der Waals surface area contributed by atoms with Gasteiger partial charge in [0.15, 0.2) is 0 Å². The molecule has 0 aliphatic rings. The lowest BCUT2D eigenvalue weighted by Crippen LogP contribution is -2.01. The third kappa shape index (κ3) is 3.55. The average Bonchev–Trinajstić information content (AvgIpc) is 2.88. The van der Waals surface area contributed by atoms with Gasteiger partial charge in [0, 0.05) is 16.7 Å². The largest absolute Gasteiger partial charge is 0.439 e. The molecule has 0 N–H and O–H groups in total. The van der Waals surface area contributed by atoms with Gasteiger partial charge in [-0.1, -0.05) is 24.3 Å². The van der Waals surface area contributed by atoms with Crippen molar-refractivity contribution < 1.29 is 13.2 Å². The van der Waals surface area contributed by atoms with Crippen LogP contribution in [0.1, 0.15) is 5.69 Å². The van der Waals surface area contributed by atoms with Crippen LogP contribution in [0, 0.1) is 6.92 Å². The summed E-state index contributed by atoms with van der Waals surface area (Å²) in [5, 5.41) is 4.35. The Kier molecular flexibility index (Phi) is 4.11. The lowest BCUT2D eigenvalue weighted by molar-refractivity contribution is 0.444. The first-order valence-corrected chi connectivity index (χ1v) is 9.09. The summed E-state index contributed by atoms with van der Waals surface area (Å²) in [5.41, 5.74) is 1.29. The molecule has 1 heterocycles. The van der Waals surface area contributed by atoms with Gasteiger partial charge in [-0.2, -0.15) is 5.10 Å². The van der Waals surface area contributed by atoms with Crippen LogP contribution in [0.4, 0.5) is 0 Å². The van der Waals surface area contributed by atoms with Crippen molar-refractivity contribution in [3.05, 3.63) is 66.4 Å². The molecule has 118 valence electrons. The minimum atomic E-state index is -3.81. The highest BCUT2D eigenvalue weighted by atomic mass is 35.7. The number of hydrogen-bond donors (Lipinski definition) is 0. The van der Waals surface area contributed by atoms with Gasteiger partial charge in [0.25, 0.3) is 9.05 Å². The molecule has 0 radical (unpaired) electrons. The van der Waals surface area contributed by atoms with Crippen LogP contribution in [0.15, 0.2) is 65.6 Å². The highest BCUT2D eigenvalue weighted by Gasteiger charge is 2.14. The fourth-order valence-corrected chi connectivity index (χ4v) is 2.90. The van der Waals surface area contributed by atoms with Crippen molar-refractivity contribution in [1.29, 1.82) is 0 Å². The third-order valence-electron chi connectivity index (χ3n) is 3.11. The van der Waals surface area contributed by atoms with E-state index in [2.05, 4.69) is 5.10 Å². The first kappa shape index (κ1) is 15.6. The number of halogens is 1. The van der Waals surface area contributed by atoms with Crippen LogP contribution in [-0.2, 0) is 9.05 Å². The van der Waals surface area contributed by atoms with Gasteiger partial charge in [-0.05, 0) is 37.3 Å². The topological polar surface area (TPSA) is 61.2 Å². The van der Waals surface area contributed by atoms with Crippen LogP contribution >= 0.6 is 10.7 Å². The Morgan fingerprint density at radius 2 is 1.78 bits per heavy atom. The van der Waals surface area contributed by atoms with Gasteiger partial charge in [0.2, 0.25) is 5.88 Å². The molecule has 0 atom stereocenters. The number of hydrogen-bond acceptors (Lipinski definition) is 4. The van der Waals surface area contributed by atoms with Crippen molar-refractivity contribution in [3.8, 4) is 17.3 Å². The fourth-order valence-electron chi connectivity index (χ4n) is 2.11. The third-order valence-corrected chi connectivity index (χ3v) is 4.46. The molecule has 0 bridgehead atoms. The number of aromatic nitrogens is 2. The van der Waals surface area contributed by atoms with Crippen molar-refractivity contribution in [2.45, 2.75) is 11.8 Å². The summed E-state index contributed by atoms with van der Waals surface area (Å²) in [5.74, 6) is 1.15. The first-order valence-electron chi connectivity index (χ1n) is 6.78. The Labute approximate surface area is 138 Å². The van der Waals surface area contributed by atoms with E-state index in [1.54, 1.807) is 18.2 Å². The normalized spacial score (nSPS) is 11.4. The van der Waals surface area contributed by atoms with Crippen molar-refractivity contribution in [1.82, 2.24) is 9.78 Å². The zero-order chi connectivity index (χ0) is 16.4. The number of ether oxygens (including phenoxy) is 1. The predicted octanol–water partition coefficient (Wildman–Crippen LogP) is 3.90. The number of rotatable bonds is 4. The van der Waals surface area contributed by atoms with E-state index in [-0.39, 0.29) is 4.90 Å². The summed E-state index contributed by atoms with van der Waals surface area (Å²) >= 11 is 0. The monoisotopic (exact) mass is 348 g/mol. The van der Waals surface area contributed by atoms with Gasteiger partial charge in [-0.3, -0.25) is 0 Å². The Bertz CT molecular complexity index is 937. The van der Waals surface area contributed by atoms with Crippen LogP contribution in [-0.4, -0.2) is 18.2 Å². The summed E-state index contributed by atoms with van der Waals surface area (Å²) in [6.07, 6.45) is 0. The van der Waals surface area contributed by atoms with Gasteiger partial charge in [-0.25, -0.2) is 13.1 Å². The zero-order valence-corrected chi connectivity index (χ0v) is 13.8. The molecule has 23 heavy (non-hydrogen) atoms. The fraction of sp³-hybridized carbons (Fsp3) is 0.0625. The van der Waals surface area contributed by atoms with Crippen LogP contribution in [0.3, 0.4) is 0 Å². The Morgan fingerprint density at radius 1 is 1.04 bits per heavy atom. The highest BCUT2D eigenvalue weighted by Crippen LogP contribution is 2.26. The van der Waals surface area contributed by atoms with Gasteiger partial charge in [0.1, 0.15) is 5.75 Å². The summed E-state index contributed by atoms with van der Waals surface area (Å²) in [4.78, 5) is 0.00970. The number of para-hydroxylation sites is 1. The van der Waals surface area contributed by atoms with E-state index in [0.29, 0.717) is 17.3 Å². The minimum absolute atomic E-state index is 0.00970. The molecule has 0 aliphatic heterocycles.